The molecule has 0 spiro atoms. The van der Waals surface area contributed by atoms with E-state index in [1.54, 1.807) is 29.7 Å². The number of carbonyl (C=O) groups excluding carboxylic acids is 1. The zero-order chi connectivity index (χ0) is 21.3. The van der Waals surface area contributed by atoms with E-state index in [1.165, 1.54) is 22.7 Å². The van der Waals surface area contributed by atoms with Gasteiger partial charge in [0, 0.05) is 11.0 Å². The highest BCUT2D eigenvalue weighted by atomic mass is 79.9. The quantitative estimate of drug-likeness (QED) is 0.473. The fourth-order valence-corrected chi connectivity index (χ4v) is 5.51. The van der Waals surface area contributed by atoms with Crippen molar-refractivity contribution >= 4 is 50.6 Å². The van der Waals surface area contributed by atoms with Gasteiger partial charge in [0.15, 0.2) is 9.47 Å². The SMILES string of the molecule is CCCC1=C(C(=O)OCC)C(c2cccs2)n2c(s/c(=C\c3ccc(Br)o3)c2=O)=N1. The second-order valence-corrected chi connectivity index (χ2v) is 9.34. The number of halogens is 1. The Morgan fingerprint density at radius 1 is 1.37 bits per heavy atom. The van der Waals surface area contributed by atoms with E-state index in [4.69, 9.17) is 14.1 Å². The summed E-state index contributed by atoms with van der Waals surface area (Å²) in [7, 11) is 0. The maximum atomic E-state index is 13.4. The van der Waals surface area contributed by atoms with Crippen LogP contribution in [0.1, 0.15) is 43.4 Å². The Morgan fingerprint density at radius 3 is 2.83 bits per heavy atom. The summed E-state index contributed by atoms with van der Waals surface area (Å²) in [6.07, 6.45) is 3.16. The van der Waals surface area contributed by atoms with Gasteiger partial charge in [0.1, 0.15) is 11.8 Å². The second-order valence-electron chi connectivity index (χ2n) is 6.57. The van der Waals surface area contributed by atoms with Crippen molar-refractivity contribution in [2.75, 3.05) is 6.61 Å². The van der Waals surface area contributed by atoms with E-state index in [-0.39, 0.29) is 12.2 Å². The number of aromatic nitrogens is 1. The molecule has 0 aliphatic carbocycles. The summed E-state index contributed by atoms with van der Waals surface area (Å²) in [5.41, 5.74) is 0.922. The minimum absolute atomic E-state index is 0.206. The molecule has 0 aromatic carbocycles. The third kappa shape index (κ3) is 3.89. The molecule has 3 aromatic rings. The van der Waals surface area contributed by atoms with Crippen LogP contribution >= 0.6 is 38.6 Å². The van der Waals surface area contributed by atoms with Gasteiger partial charge in [-0.2, -0.15) is 0 Å². The van der Waals surface area contributed by atoms with Crippen molar-refractivity contribution in [1.29, 1.82) is 0 Å². The summed E-state index contributed by atoms with van der Waals surface area (Å²) in [5.74, 6) is 0.144. The van der Waals surface area contributed by atoms with Crippen LogP contribution in [0.15, 0.2) is 59.8 Å². The van der Waals surface area contributed by atoms with Crippen molar-refractivity contribution < 1.29 is 13.9 Å². The Bertz CT molecular complexity index is 1280. The van der Waals surface area contributed by atoms with Gasteiger partial charge < -0.3 is 9.15 Å². The number of carbonyl (C=O) groups is 1. The Morgan fingerprint density at radius 2 is 2.20 bits per heavy atom. The number of ether oxygens (including phenoxy) is 1. The lowest BCUT2D eigenvalue weighted by Crippen LogP contribution is -2.39. The molecule has 1 aliphatic rings. The molecule has 1 aliphatic heterocycles. The number of thiazole rings is 1. The van der Waals surface area contributed by atoms with E-state index >= 15 is 0 Å². The standard InChI is InChI=1S/C21H19BrN2O4S2/c1-3-6-13-17(20(26)27-4-2)18(14-7-5-10-29-14)24-19(25)15(30-21(24)23-13)11-12-8-9-16(22)28-12/h5,7-11,18H,3-4,6H2,1-2H3/b15-11-. The highest BCUT2D eigenvalue weighted by molar-refractivity contribution is 9.10. The zero-order valence-electron chi connectivity index (χ0n) is 16.4. The van der Waals surface area contributed by atoms with E-state index in [0.29, 0.717) is 37.5 Å². The molecule has 6 nitrogen and oxygen atoms in total. The largest absolute Gasteiger partial charge is 0.463 e. The van der Waals surface area contributed by atoms with Gasteiger partial charge in [0.05, 0.1) is 22.4 Å². The Kier molecular flexibility index (Phi) is 6.21. The predicted molar refractivity (Wildman–Crippen MR) is 120 cm³/mol. The van der Waals surface area contributed by atoms with Gasteiger partial charge in [-0.1, -0.05) is 30.7 Å². The molecule has 0 saturated carbocycles. The molecule has 3 aromatic heterocycles. The molecule has 9 heteroatoms. The summed E-state index contributed by atoms with van der Waals surface area (Å²) in [5, 5.41) is 1.94. The number of hydrogen-bond donors (Lipinski definition) is 0. The average molecular weight is 507 g/mol. The molecule has 0 radical (unpaired) electrons. The molecule has 0 bridgehead atoms. The molecule has 156 valence electrons. The summed E-state index contributed by atoms with van der Waals surface area (Å²) in [4.78, 5) is 32.5. The molecule has 0 N–H and O–H groups in total. The summed E-state index contributed by atoms with van der Waals surface area (Å²) in [6.45, 7) is 4.07. The molecule has 4 rings (SSSR count). The van der Waals surface area contributed by atoms with Gasteiger partial charge in [-0.15, -0.1) is 11.3 Å². The molecule has 0 amide bonds. The van der Waals surface area contributed by atoms with Gasteiger partial charge >= 0.3 is 5.97 Å². The van der Waals surface area contributed by atoms with Crippen LogP contribution in [0.3, 0.4) is 0 Å². The smallest absolute Gasteiger partial charge is 0.338 e. The number of esters is 1. The lowest BCUT2D eigenvalue weighted by Gasteiger charge is -2.24. The number of thiophene rings is 1. The first kappa shape index (κ1) is 21.0. The summed E-state index contributed by atoms with van der Waals surface area (Å²) < 4.78 is 13.6. The molecule has 0 fully saturated rings. The molecule has 30 heavy (non-hydrogen) atoms. The van der Waals surface area contributed by atoms with E-state index in [1.807, 2.05) is 24.4 Å². The fraction of sp³-hybridized carbons (Fsp3) is 0.286. The van der Waals surface area contributed by atoms with Crippen LogP contribution in [-0.2, 0) is 9.53 Å². The second kappa shape index (κ2) is 8.87. The summed E-state index contributed by atoms with van der Waals surface area (Å²) in [6, 6.07) is 6.86. The first-order valence-electron chi connectivity index (χ1n) is 9.54. The average Bonchev–Trinajstić information content (AvgIpc) is 3.44. The third-order valence-corrected chi connectivity index (χ3v) is 6.91. The number of allylic oxidation sites excluding steroid dienone is 1. The van der Waals surface area contributed by atoms with Gasteiger partial charge in [-0.25, -0.2) is 9.79 Å². The predicted octanol–water partition coefficient (Wildman–Crippen LogP) is 4.00. The number of fused-ring (bicyclic) bond motifs is 1. The molecule has 1 atom stereocenters. The summed E-state index contributed by atoms with van der Waals surface area (Å²) >= 11 is 6.08. The monoisotopic (exact) mass is 506 g/mol. The zero-order valence-corrected chi connectivity index (χ0v) is 19.6. The van der Waals surface area contributed by atoms with Crippen molar-refractivity contribution in [3.05, 3.63) is 75.9 Å². The molecular weight excluding hydrogens is 488 g/mol. The van der Waals surface area contributed by atoms with E-state index in [9.17, 15) is 9.59 Å². The van der Waals surface area contributed by atoms with Crippen LogP contribution in [0.4, 0.5) is 0 Å². The van der Waals surface area contributed by atoms with Crippen LogP contribution < -0.4 is 14.9 Å². The lowest BCUT2D eigenvalue weighted by molar-refractivity contribution is -0.139. The number of nitrogens with zero attached hydrogens (tertiary/aromatic N) is 2. The first-order chi connectivity index (χ1) is 14.5. The lowest BCUT2D eigenvalue weighted by atomic mass is 9.99. The van der Waals surface area contributed by atoms with Crippen molar-refractivity contribution in [3.63, 3.8) is 0 Å². The fourth-order valence-electron chi connectivity index (χ4n) is 3.37. The van der Waals surface area contributed by atoms with Crippen molar-refractivity contribution in [2.45, 2.75) is 32.7 Å². The van der Waals surface area contributed by atoms with Crippen molar-refractivity contribution in [2.24, 2.45) is 4.99 Å². The highest BCUT2D eigenvalue weighted by Crippen LogP contribution is 2.34. The van der Waals surface area contributed by atoms with Crippen LogP contribution in [0, 0.1) is 0 Å². The number of furan rings is 1. The van der Waals surface area contributed by atoms with Gasteiger partial charge in [-0.3, -0.25) is 9.36 Å². The minimum atomic E-state index is -0.549. The van der Waals surface area contributed by atoms with Crippen LogP contribution in [0.25, 0.3) is 6.08 Å². The maximum Gasteiger partial charge on any atom is 0.338 e. The number of rotatable bonds is 6. The van der Waals surface area contributed by atoms with E-state index < -0.39 is 12.0 Å². The highest BCUT2D eigenvalue weighted by Gasteiger charge is 2.34. The molecule has 1 unspecified atom stereocenters. The topological polar surface area (TPSA) is 73.8 Å². The van der Waals surface area contributed by atoms with Gasteiger partial charge in [-0.05, 0) is 52.9 Å². The Labute approximate surface area is 189 Å². The number of hydrogen-bond acceptors (Lipinski definition) is 7. The van der Waals surface area contributed by atoms with Gasteiger partial charge in [0.2, 0.25) is 0 Å². The van der Waals surface area contributed by atoms with Gasteiger partial charge in [0.25, 0.3) is 5.56 Å². The van der Waals surface area contributed by atoms with Crippen LogP contribution in [0.5, 0.6) is 0 Å². The van der Waals surface area contributed by atoms with E-state index in [0.717, 1.165) is 11.3 Å². The molecular formula is C21H19BrN2O4S2. The van der Waals surface area contributed by atoms with Crippen molar-refractivity contribution in [1.82, 2.24) is 4.57 Å². The van der Waals surface area contributed by atoms with E-state index in [2.05, 4.69) is 15.9 Å². The first-order valence-corrected chi connectivity index (χ1v) is 12.0. The van der Waals surface area contributed by atoms with Crippen LogP contribution in [-0.4, -0.2) is 17.1 Å². The Balaban J connectivity index is 1.97. The normalized spacial score (nSPS) is 16.5. The molecule has 4 heterocycles. The maximum absolute atomic E-state index is 13.4. The third-order valence-electron chi connectivity index (χ3n) is 4.57. The minimum Gasteiger partial charge on any atom is -0.463 e. The van der Waals surface area contributed by atoms with Crippen molar-refractivity contribution in [3.8, 4) is 0 Å². The molecule has 0 saturated heterocycles. The van der Waals surface area contributed by atoms with Crippen LogP contribution in [0.2, 0.25) is 0 Å². The Hall–Kier alpha value is -2.23.